The van der Waals surface area contributed by atoms with Gasteiger partial charge in [-0.05, 0) is 40.2 Å². The van der Waals surface area contributed by atoms with E-state index in [1.165, 1.54) is 13.2 Å². The number of aryl methyl sites for hydroxylation is 1. The van der Waals surface area contributed by atoms with E-state index in [9.17, 15) is 9.59 Å². The smallest absolute Gasteiger partial charge is 0.407 e. The number of alkyl carbamates (subject to hydrolysis) is 1. The molecule has 1 aliphatic heterocycles. The zero-order valence-electron chi connectivity index (χ0n) is 30.5. The Balaban J connectivity index is 1.55. The van der Waals surface area contributed by atoms with Crippen molar-refractivity contribution in [1.29, 1.82) is 0 Å². The van der Waals surface area contributed by atoms with Gasteiger partial charge in [0.25, 0.3) is 0 Å². The number of nitrogens with one attached hydrogen (secondary N) is 3. The summed E-state index contributed by atoms with van der Waals surface area (Å²) in [6.45, 7) is 8.83. The molecule has 0 saturated heterocycles. The number of fused-ring (bicyclic) bond motifs is 1. The number of nitrogens with zero attached hydrogens (tertiary/aromatic N) is 4. The molecule has 1 atom stereocenters. The van der Waals surface area contributed by atoms with E-state index in [1.54, 1.807) is 4.68 Å². The monoisotopic (exact) mass is 735 g/mol. The molecule has 2 aromatic heterocycles. The number of ether oxygens (including phenoxy) is 2. The van der Waals surface area contributed by atoms with Crippen LogP contribution in [-0.2, 0) is 33.3 Å². The summed E-state index contributed by atoms with van der Waals surface area (Å²) in [5.41, 5.74) is 3.27. The topological polar surface area (TPSA) is 149 Å². The summed E-state index contributed by atoms with van der Waals surface area (Å²) in [6.07, 6.45) is 1.63. The van der Waals surface area contributed by atoms with Crippen LogP contribution in [0.2, 0.25) is 0 Å². The fraction of sp³-hybridized carbons (Fsp3) is 0.300. The lowest BCUT2D eigenvalue weighted by atomic mass is 9.78. The lowest BCUT2D eigenvalue weighted by Crippen LogP contribution is -2.38. The summed E-state index contributed by atoms with van der Waals surface area (Å²) in [5, 5.41) is 9.96. The molecule has 6 rings (SSSR count). The van der Waals surface area contributed by atoms with Crippen LogP contribution in [-0.4, -0.2) is 44.8 Å². The van der Waals surface area contributed by atoms with Crippen molar-refractivity contribution in [2.75, 3.05) is 19.0 Å². The number of amides is 3. The number of carbonyl (C=O) groups is 2. The first-order valence-corrected chi connectivity index (χ1v) is 19.2. The zero-order chi connectivity index (χ0) is 37.6. The molecule has 3 amide bonds. The Labute approximate surface area is 310 Å². The number of hydrogen-bond acceptors (Lipinski definition) is 8. The van der Waals surface area contributed by atoms with Crippen LogP contribution in [0.4, 0.5) is 15.3 Å². The summed E-state index contributed by atoms with van der Waals surface area (Å²) in [5.74, 6) is 0.104. The summed E-state index contributed by atoms with van der Waals surface area (Å²) < 4.78 is 37.1. The maximum atomic E-state index is 16.0. The van der Waals surface area contributed by atoms with Crippen LogP contribution in [0.25, 0.3) is 0 Å². The highest BCUT2D eigenvalue weighted by Gasteiger charge is 2.40. The van der Waals surface area contributed by atoms with Crippen molar-refractivity contribution in [3.8, 4) is 5.88 Å². The molecule has 53 heavy (non-hydrogen) atoms. The summed E-state index contributed by atoms with van der Waals surface area (Å²) in [7, 11) is -2.43. The van der Waals surface area contributed by atoms with E-state index in [0.717, 1.165) is 28.7 Å². The largest absolute Gasteiger partial charge is 0.477 e. The lowest BCUT2D eigenvalue weighted by Gasteiger charge is -2.33. The predicted octanol–water partition coefficient (Wildman–Crippen LogP) is 7.72. The molecule has 0 radical (unpaired) electrons. The van der Waals surface area contributed by atoms with E-state index >= 15 is 4.21 Å². The van der Waals surface area contributed by atoms with Crippen LogP contribution in [0.5, 0.6) is 5.88 Å². The van der Waals surface area contributed by atoms with Gasteiger partial charge in [0.2, 0.25) is 5.88 Å². The second-order valence-corrected chi connectivity index (χ2v) is 15.2. The second-order valence-electron chi connectivity index (χ2n) is 13.3. The van der Waals surface area contributed by atoms with Crippen LogP contribution >= 0.6 is 0 Å². The number of benzene rings is 3. The van der Waals surface area contributed by atoms with E-state index in [4.69, 9.17) is 18.8 Å². The predicted molar refractivity (Wildman–Crippen MR) is 204 cm³/mol. The van der Waals surface area contributed by atoms with E-state index in [2.05, 4.69) is 20.5 Å². The van der Waals surface area contributed by atoms with Gasteiger partial charge < -0.3 is 20.1 Å². The molecule has 3 N–H and O–H groups in total. The first-order chi connectivity index (χ1) is 25.6. The normalized spacial score (nSPS) is 13.7. The minimum atomic E-state index is -3.91. The van der Waals surface area contributed by atoms with Gasteiger partial charge in [0.15, 0.2) is 9.92 Å². The minimum absolute atomic E-state index is 0.0500. The number of hydrogen-bond donors (Lipinski definition) is 3. The molecular weight excluding hydrogens is 691 g/mol. The molecule has 1 aliphatic rings. The Hall–Kier alpha value is -5.69. The van der Waals surface area contributed by atoms with Crippen molar-refractivity contribution in [3.05, 3.63) is 137 Å². The number of anilines is 1. The average Bonchev–Trinajstić information content (AvgIpc) is 3.62. The molecule has 0 saturated carbocycles. The minimum Gasteiger partial charge on any atom is -0.477 e. The Kier molecular flexibility index (Phi) is 11.1. The third-order valence-electron chi connectivity index (χ3n) is 8.98. The van der Waals surface area contributed by atoms with Crippen molar-refractivity contribution < 1.29 is 23.3 Å². The van der Waals surface area contributed by atoms with Gasteiger partial charge in [0.1, 0.15) is 17.0 Å². The van der Waals surface area contributed by atoms with E-state index in [0.29, 0.717) is 36.1 Å². The molecular formula is C40H45N7O5S. The van der Waals surface area contributed by atoms with Gasteiger partial charge in [0, 0.05) is 20.0 Å². The summed E-state index contributed by atoms with van der Waals surface area (Å²) in [4.78, 5) is 31.2. The Bertz CT molecular complexity index is 2060. The van der Waals surface area contributed by atoms with Gasteiger partial charge in [-0.2, -0.15) is 9.46 Å². The highest BCUT2D eigenvalue weighted by molar-refractivity contribution is 7.92. The molecule has 12 nitrogen and oxygen atoms in total. The maximum Gasteiger partial charge on any atom is 0.407 e. The van der Waals surface area contributed by atoms with Crippen LogP contribution in [0.1, 0.15) is 79.6 Å². The highest BCUT2D eigenvalue weighted by atomic mass is 32.2. The summed E-state index contributed by atoms with van der Waals surface area (Å²) in [6, 6.07) is 29.9. The molecule has 276 valence electrons. The molecule has 3 heterocycles. The standard InChI is InChI=1S/C40H45N7O5S/c1-27(2)33-24-32(26-52-39(49)41-5)43-35(28(3)4)36(33)44-38(48)45-53(50,34-25-42-47-22-15-23-51-37(34)47)46-40(29-16-9-6-10-17-29,30-18-11-7-12-19-30)31-20-13-8-14-21-31/h6-14,16-21,24-25,27-28H,15,22-23,26H2,1-5H3,(H,41,49)(H2,44,45,46,48,50). The van der Waals surface area contributed by atoms with E-state index in [-0.39, 0.29) is 23.3 Å². The number of aromatic nitrogens is 3. The number of urea groups is 1. The third-order valence-corrected chi connectivity index (χ3v) is 10.8. The number of carbonyl (C=O) groups excluding carboxylic acids is 2. The lowest BCUT2D eigenvalue weighted by molar-refractivity contribution is 0.140. The quantitative estimate of drug-likeness (QED) is 0.118. The molecule has 1 unspecified atom stereocenters. The molecule has 0 aliphatic carbocycles. The van der Waals surface area contributed by atoms with Crippen molar-refractivity contribution in [3.63, 3.8) is 0 Å². The van der Waals surface area contributed by atoms with Crippen molar-refractivity contribution in [1.82, 2.24) is 24.8 Å². The maximum absolute atomic E-state index is 16.0. The Morgan fingerprint density at radius 1 is 0.925 bits per heavy atom. The molecule has 0 fully saturated rings. The first kappa shape index (κ1) is 37.1. The van der Waals surface area contributed by atoms with Crippen LogP contribution in [0.15, 0.2) is 113 Å². The van der Waals surface area contributed by atoms with Crippen LogP contribution in [0, 0.1) is 0 Å². The number of pyridine rings is 1. The zero-order valence-corrected chi connectivity index (χ0v) is 31.4. The molecule has 0 bridgehead atoms. The van der Waals surface area contributed by atoms with Gasteiger partial charge in [-0.1, -0.05) is 119 Å². The molecule has 3 aromatic carbocycles. The molecule has 13 heteroatoms. The highest BCUT2D eigenvalue weighted by Crippen LogP contribution is 2.43. The Morgan fingerprint density at radius 2 is 1.51 bits per heavy atom. The van der Waals surface area contributed by atoms with Gasteiger partial charge in [-0.15, -0.1) is 0 Å². The van der Waals surface area contributed by atoms with E-state index in [1.807, 2.05) is 125 Å². The molecule has 5 aromatic rings. The molecule has 0 spiro atoms. The number of rotatable bonds is 11. The third kappa shape index (κ3) is 7.75. The van der Waals surface area contributed by atoms with Crippen molar-refractivity contribution in [2.45, 2.75) is 69.5 Å². The fourth-order valence-electron chi connectivity index (χ4n) is 6.45. The van der Waals surface area contributed by atoms with Gasteiger partial charge >= 0.3 is 12.1 Å². The van der Waals surface area contributed by atoms with E-state index < -0.39 is 27.6 Å². The van der Waals surface area contributed by atoms with Crippen LogP contribution in [0.3, 0.4) is 0 Å². The first-order valence-electron chi connectivity index (χ1n) is 17.7. The second kappa shape index (κ2) is 15.9. The van der Waals surface area contributed by atoms with Crippen LogP contribution < -0.4 is 20.1 Å². The fourth-order valence-corrected chi connectivity index (χ4v) is 8.30. The van der Waals surface area contributed by atoms with Gasteiger partial charge in [-0.3, -0.25) is 4.98 Å². The summed E-state index contributed by atoms with van der Waals surface area (Å²) >= 11 is 0. The van der Waals surface area contributed by atoms with Crippen molar-refractivity contribution >= 4 is 27.7 Å². The van der Waals surface area contributed by atoms with Gasteiger partial charge in [0.05, 0.1) is 29.9 Å². The van der Waals surface area contributed by atoms with Crippen molar-refractivity contribution in [2.24, 2.45) is 4.36 Å². The van der Waals surface area contributed by atoms with Gasteiger partial charge in [-0.25, -0.2) is 23.2 Å². The average molecular weight is 736 g/mol. The Morgan fingerprint density at radius 3 is 2.04 bits per heavy atom. The SMILES string of the molecule is CNC(=O)OCc1cc(C(C)C)c(NC(=O)NS(=O)(=NC(c2ccccc2)(c2ccccc2)c2ccccc2)c2cnn3c2OCCC3)c(C(C)C)n1.